The summed E-state index contributed by atoms with van der Waals surface area (Å²) in [7, 11) is 0. The van der Waals surface area contributed by atoms with E-state index in [9.17, 15) is 14.4 Å². The van der Waals surface area contributed by atoms with Gasteiger partial charge in [0.1, 0.15) is 0 Å². The van der Waals surface area contributed by atoms with Gasteiger partial charge in [0, 0.05) is 18.4 Å². The van der Waals surface area contributed by atoms with Crippen molar-refractivity contribution in [2.24, 2.45) is 0 Å². The van der Waals surface area contributed by atoms with E-state index < -0.39 is 0 Å². The van der Waals surface area contributed by atoms with E-state index in [1.165, 1.54) is 5.56 Å². The van der Waals surface area contributed by atoms with Crippen molar-refractivity contribution < 1.29 is 14.4 Å². The molecule has 0 aromatic heterocycles. The van der Waals surface area contributed by atoms with Crippen molar-refractivity contribution in [2.75, 3.05) is 6.54 Å². The number of hydrogen-bond donors (Lipinski definition) is 0. The summed E-state index contributed by atoms with van der Waals surface area (Å²) in [4.78, 5) is 36.5. The number of benzene rings is 1. The summed E-state index contributed by atoms with van der Waals surface area (Å²) in [6, 6.07) is 7.39. The van der Waals surface area contributed by atoms with Gasteiger partial charge in [0.15, 0.2) is 5.78 Å². The Morgan fingerprint density at radius 3 is 2.25 bits per heavy atom. The van der Waals surface area contributed by atoms with E-state index in [1.807, 2.05) is 12.1 Å². The monoisotopic (exact) mass is 273 g/mol. The SMILES string of the molecule is CCCc1ccc(C(=O)CN2C(=O)CCCC2=O)cc1. The number of nitrogens with zero attached hydrogens (tertiary/aromatic N) is 1. The fourth-order valence-electron chi connectivity index (χ4n) is 2.36. The Morgan fingerprint density at radius 1 is 1.10 bits per heavy atom. The average molecular weight is 273 g/mol. The molecule has 2 amide bonds. The number of ketones is 1. The van der Waals surface area contributed by atoms with Gasteiger partial charge < -0.3 is 0 Å². The standard InChI is InChI=1S/C16H19NO3/c1-2-4-12-7-9-13(10-8-12)14(18)11-17-15(19)5-3-6-16(17)20/h7-10H,2-6,11H2,1H3. The van der Waals surface area contributed by atoms with E-state index in [-0.39, 0.29) is 24.1 Å². The molecule has 1 saturated heterocycles. The van der Waals surface area contributed by atoms with Gasteiger partial charge in [-0.3, -0.25) is 19.3 Å². The van der Waals surface area contributed by atoms with Gasteiger partial charge in [0.2, 0.25) is 11.8 Å². The quantitative estimate of drug-likeness (QED) is 0.611. The highest BCUT2D eigenvalue weighted by molar-refractivity contribution is 6.05. The first kappa shape index (κ1) is 14.4. The Hall–Kier alpha value is -1.97. The second kappa shape index (κ2) is 6.46. The molecule has 4 nitrogen and oxygen atoms in total. The molecule has 0 aliphatic carbocycles. The number of amides is 2. The summed E-state index contributed by atoms with van der Waals surface area (Å²) in [6.07, 6.45) is 3.35. The number of rotatable bonds is 5. The topological polar surface area (TPSA) is 54.5 Å². The van der Waals surface area contributed by atoms with E-state index in [0.29, 0.717) is 24.8 Å². The number of imide groups is 1. The molecule has 0 bridgehead atoms. The normalized spacial score (nSPS) is 15.6. The molecule has 106 valence electrons. The fourth-order valence-corrected chi connectivity index (χ4v) is 2.36. The molecule has 0 saturated carbocycles. The van der Waals surface area contributed by atoms with Gasteiger partial charge in [-0.05, 0) is 18.4 Å². The second-order valence-electron chi connectivity index (χ2n) is 5.10. The summed E-state index contributed by atoms with van der Waals surface area (Å²) in [5.74, 6) is -0.661. The molecule has 0 atom stereocenters. The molecule has 0 N–H and O–H groups in total. The minimum atomic E-state index is -0.239. The molecule has 2 rings (SSSR count). The Morgan fingerprint density at radius 2 is 1.70 bits per heavy atom. The highest BCUT2D eigenvalue weighted by Crippen LogP contribution is 2.14. The van der Waals surface area contributed by atoms with Gasteiger partial charge in [0.25, 0.3) is 0 Å². The Kier molecular flexibility index (Phi) is 4.66. The van der Waals surface area contributed by atoms with Gasteiger partial charge in [0.05, 0.1) is 6.54 Å². The van der Waals surface area contributed by atoms with Crippen molar-refractivity contribution in [3.63, 3.8) is 0 Å². The summed E-state index contributed by atoms with van der Waals surface area (Å²) >= 11 is 0. The van der Waals surface area contributed by atoms with E-state index in [2.05, 4.69) is 6.92 Å². The van der Waals surface area contributed by atoms with Crippen LogP contribution < -0.4 is 0 Å². The predicted octanol–water partition coefficient (Wildman–Crippen LogP) is 2.36. The second-order valence-corrected chi connectivity index (χ2v) is 5.10. The van der Waals surface area contributed by atoms with Crippen LogP contribution in [0.1, 0.15) is 48.5 Å². The third-order valence-electron chi connectivity index (χ3n) is 3.50. The fraction of sp³-hybridized carbons (Fsp3) is 0.438. The first-order valence-electron chi connectivity index (χ1n) is 7.07. The molecule has 4 heteroatoms. The third-order valence-corrected chi connectivity index (χ3v) is 3.50. The lowest BCUT2D eigenvalue weighted by atomic mass is 10.0. The number of carbonyl (C=O) groups excluding carboxylic acids is 3. The van der Waals surface area contributed by atoms with E-state index in [1.54, 1.807) is 12.1 Å². The number of piperidine rings is 1. The first-order valence-corrected chi connectivity index (χ1v) is 7.07. The molecule has 1 aliphatic rings. The maximum atomic E-state index is 12.1. The van der Waals surface area contributed by atoms with Crippen LogP contribution in [0, 0.1) is 0 Å². The van der Waals surface area contributed by atoms with Gasteiger partial charge in [-0.25, -0.2) is 0 Å². The van der Waals surface area contributed by atoms with Crippen molar-refractivity contribution in [1.82, 2.24) is 4.90 Å². The van der Waals surface area contributed by atoms with Crippen LogP contribution >= 0.6 is 0 Å². The van der Waals surface area contributed by atoms with Gasteiger partial charge >= 0.3 is 0 Å². The summed E-state index contributed by atoms with van der Waals surface area (Å²) in [5, 5.41) is 0. The maximum Gasteiger partial charge on any atom is 0.229 e. The van der Waals surface area contributed by atoms with Crippen molar-refractivity contribution in [2.45, 2.75) is 39.0 Å². The summed E-state index contributed by atoms with van der Waals surface area (Å²) < 4.78 is 0. The van der Waals surface area contributed by atoms with Crippen molar-refractivity contribution in [3.05, 3.63) is 35.4 Å². The van der Waals surface area contributed by atoms with Crippen LogP contribution in [-0.4, -0.2) is 29.0 Å². The van der Waals surface area contributed by atoms with Gasteiger partial charge in [-0.2, -0.15) is 0 Å². The zero-order valence-electron chi connectivity index (χ0n) is 11.7. The Labute approximate surface area is 118 Å². The van der Waals surface area contributed by atoms with Crippen LogP contribution in [0.3, 0.4) is 0 Å². The number of aryl methyl sites for hydroxylation is 1. The van der Waals surface area contributed by atoms with Crippen LogP contribution in [0.15, 0.2) is 24.3 Å². The first-order chi connectivity index (χ1) is 9.61. The lowest BCUT2D eigenvalue weighted by molar-refractivity contribution is -0.147. The molecule has 0 radical (unpaired) electrons. The molecule has 1 aromatic rings. The largest absolute Gasteiger partial charge is 0.292 e. The zero-order valence-corrected chi connectivity index (χ0v) is 11.7. The minimum Gasteiger partial charge on any atom is -0.292 e. The van der Waals surface area contributed by atoms with Crippen LogP contribution in [-0.2, 0) is 16.0 Å². The maximum absolute atomic E-state index is 12.1. The molecule has 1 aromatic carbocycles. The number of Topliss-reactive ketones (excluding diaryl/α,β-unsaturated/α-hetero) is 1. The molecule has 1 fully saturated rings. The smallest absolute Gasteiger partial charge is 0.229 e. The lowest BCUT2D eigenvalue weighted by Crippen LogP contribution is -2.43. The number of hydrogen-bond acceptors (Lipinski definition) is 3. The summed E-state index contributed by atoms with van der Waals surface area (Å²) in [5.41, 5.74) is 1.74. The van der Waals surface area contributed by atoms with Crippen LogP contribution in [0.25, 0.3) is 0 Å². The van der Waals surface area contributed by atoms with Crippen LogP contribution in [0.2, 0.25) is 0 Å². The highest BCUT2D eigenvalue weighted by Gasteiger charge is 2.27. The van der Waals surface area contributed by atoms with Crippen LogP contribution in [0.5, 0.6) is 0 Å². The summed E-state index contributed by atoms with van der Waals surface area (Å²) in [6.45, 7) is 1.97. The Bertz CT molecular complexity index is 503. The molecule has 0 spiro atoms. The van der Waals surface area contributed by atoms with Crippen LogP contribution in [0.4, 0.5) is 0 Å². The average Bonchev–Trinajstić information content (AvgIpc) is 2.44. The predicted molar refractivity (Wildman–Crippen MR) is 75.3 cm³/mol. The Balaban J connectivity index is 2.03. The molecule has 1 heterocycles. The van der Waals surface area contributed by atoms with Gasteiger partial charge in [-0.15, -0.1) is 0 Å². The van der Waals surface area contributed by atoms with Crippen molar-refractivity contribution in [3.8, 4) is 0 Å². The lowest BCUT2D eigenvalue weighted by Gasteiger charge is -2.24. The number of carbonyl (C=O) groups is 3. The molecular formula is C16H19NO3. The molecule has 0 unspecified atom stereocenters. The molecule has 1 aliphatic heterocycles. The highest BCUT2D eigenvalue weighted by atomic mass is 16.2. The number of likely N-dealkylation sites (tertiary alicyclic amines) is 1. The zero-order chi connectivity index (χ0) is 14.5. The van der Waals surface area contributed by atoms with Gasteiger partial charge in [-0.1, -0.05) is 37.6 Å². The van der Waals surface area contributed by atoms with E-state index in [4.69, 9.17) is 0 Å². The van der Waals surface area contributed by atoms with E-state index in [0.717, 1.165) is 17.7 Å². The van der Waals surface area contributed by atoms with Crippen molar-refractivity contribution >= 4 is 17.6 Å². The third kappa shape index (κ3) is 3.32. The molecule has 20 heavy (non-hydrogen) atoms. The molecular weight excluding hydrogens is 254 g/mol. The van der Waals surface area contributed by atoms with Crippen molar-refractivity contribution in [1.29, 1.82) is 0 Å². The van der Waals surface area contributed by atoms with E-state index >= 15 is 0 Å². The minimum absolute atomic E-state index is 0.134.